The summed E-state index contributed by atoms with van der Waals surface area (Å²) >= 11 is 12.1. The first-order valence-electron chi connectivity index (χ1n) is 9.34. The lowest BCUT2D eigenvalue weighted by Crippen LogP contribution is -2.28. The van der Waals surface area contributed by atoms with E-state index >= 15 is 0 Å². The number of carbonyl (C=O) groups is 2. The molecule has 6 nitrogen and oxygen atoms in total. The molecule has 0 aliphatic rings. The van der Waals surface area contributed by atoms with Gasteiger partial charge in [0.25, 0.3) is 0 Å². The molecule has 2 aromatic rings. The Morgan fingerprint density at radius 3 is 1.83 bits per heavy atom. The van der Waals surface area contributed by atoms with Gasteiger partial charge in [0.05, 0.1) is 30.2 Å². The smallest absolute Gasteiger partial charge is 0.307 e. The van der Waals surface area contributed by atoms with Gasteiger partial charge in [0, 0.05) is 6.42 Å². The van der Waals surface area contributed by atoms with E-state index in [0.29, 0.717) is 28.0 Å². The summed E-state index contributed by atoms with van der Waals surface area (Å²) in [5.41, 5.74) is 1.57. The normalized spacial score (nSPS) is 12.8. The predicted octanol–water partition coefficient (Wildman–Crippen LogP) is 4.98. The lowest BCUT2D eigenvalue weighted by molar-refractivity contribution is -0.145. The zero-order valence-corrected chi connectivity index (χ0v) is 18.2. The highest BCUT2D eigenvalue weighted by Gasteiger charge is 2.29. The molecule has 2 rings (SSSR count). The van der Waals surface area contributed by atoms with E-state index in [4.69, 9.17) is 37.8 Å². The molecular weight excluding hydrogens is 431 g/mol. The van der Waals surface area contributed by atoms with Crippen LogP contribution in [-0.4, -0.2) is 36.4 Å². The second kappa shape index (κ2) is 11.1. The molecule has 0 amide bonds. The fourth-order valence-corrected chi connectivity index (χ4v) is 3.82. The third-order valence-electron chi connectivity index (χ3n) is 5.00. The van der Waals surface area contributed by atoms with Gasteiger partial charge in [0.1, 0.15) is 11.5 Å². The third kappa shape index (κ3) is 6.54. The minimum atomic E-state index is -0.986. The van der Waals surface area contributed by atoms with E-state index < -0.39 is 23.8 Å². The summed E-state index contributed by atoms with van der Waals surface area (Å²) in [6.07, 6.45) is 0.700. The molecule has 0 fully saturated rings. The first kappa shape index (κ1) is 23.8. The molecule has 0 aromatic heterocycles. The van der Waals surface area contributed by atoms with Gasteiger partial charge in [0.2, 0.25) is 0 Å². The number of halogens is 2. The SMILES string of the molecule is COc1cc(C[C@@H](CCC(=O)O)[C@@H](Cc2ccc(Cl)c(OC)c2)C(=O)O)ccc1Cl. The van der Waals surface area contributed by atoms with E-state index in [2.05, 4.69) is 0 Å². The summed E-state index contributed by atoms with van der Waals surface area (Å²) in [4.78, 5) is 23.3. The maximum absolute atomic E-state index is 12.1. The van der Waals surface area contributed by atoms with Gasteiger partial charge >= 0.3 is 11.9 Å². The van der Waals surface area contributed by atoms with Gasteiger partial charge in [0.15, 0.2) is 0 Å². The van der Waals surface area contributed by atoms with Crippen molar-refractivity contribution >= 4 is 35.1 Å². The molecule has 0 spiro atoms. The van der Waals surface area contributed by atoms with Crippen molar-refractivity contribution < 1.29 is 29.3 Å². The largest absolute Gasteiger partial charge is 0.495 e. The molecule has 8 heteroatoms. The van der Waals surface area contributed by atoms with Crippen LogP contribution in [0.2, 0.25) is 10.0 Å². The Kier molecular flexibility index (Phi) is 8.81. The topological polar surface area (TPSA) is 93.1 Å². The van der Waals surface area contributed by atoms with Crippen LogP contribution in [0.4, 0.5) is 0 Å². The fraction of sp³-hybridized carbons (Fsp3) is 0.364. The zero-order valence-electron chi connectivity index (χ0n) is 16.7. The maximum Gasteiger partial charge on any atom is 0.307 e. The second-order valence-electron chi connectivity index (χ2n) is 6.98. The Balaban J connectivity index is 2.32. The molecule has 0 unspecified atom stereocenters. The van der Waals surface area contributed by atoms with Crippen LogP contribution < -0.4 is 9.47 Å². The van der Waals surface area contributed by atoms with Crippen LogP contribution in [0.5, 0.6) is 11.5 Å². The average Bonchev–Trinajstić information content (AvgIpc) is 2.71. The molecule has 0 saturated carbocycles. The van der Waals surface area contributed by atoms with Gasteiger partial charge in [-0.1, -0.05) is 35.3 Å². The van der Waals surface area contributed by atoms with Crippen LogP contribution in [0.25, 0.3) is 0 Å². The number of carboxylic acid groups (broad SMARTS) is 2. The van der Waals surface area contributed by atoms with Crippen LogP contribution in [0.1, 0.15) is 24.0 Å². The van der Waals surface area contributed by atoms with Crippen LogP contribution >= 0.6 is 23.2 Å². The first-order valence-corrected chi connectivity index (χ1v) is 10.1. The van der Waals surface area contributed by atoms with Gasteiger partial charge in [-0.3, -0.25) is 9.59 Å². The molecular formula is C22H24Cl2O6. The van der Waals surface area contributed by atoms with Crippen molar-refractivity contribution in [2.24, 2.45) is 11.8 Å². The second-order valence-corrected chi connectivity index (χ2v) is 7.80. The minimum Gasteiger partial charge on any atom is -0.495 e. The van der Waals surface area contributed by atoms with Crippen LogP contribution in [0.15, 0.2) is 36.4 Å². The molecule has 0 saturated heterocycles. The first-order chi connectivity index (χ1) is 14.2. The number of aliphatic carboxylic acids is 2. The molecule has 2 N–H and O–H groups in total. The number of ether oxygens (including phenoxy) is 2. The quantitative estimate of drug-likeness (QED) is 0.497. The van der Waals surface area contributed by atoms with Crippen molar-refractivity contribution in [3.8, 4) is 11.5 Å². The van der Waals surface area contributed by atoms with Crippen LogP contribution in [-0.2, 0) is 22.4 Å². The molecule has 0 bridgehead atoms. The highest BCUT2D eigenvalue weighted by molar-refractivity contribution is 6.32. The van der Waals surface area contributed by atoms with Crippen molar-refractivity contribution in [1.82, 2.24) is 0 Å². The number of hydrogen-bond acceptors (Lipinski definition) is 4. The van der Waals surface area contributed by atoms with E-state index in [1.165, 1.54) is 14.2 Å². The third-order valence-corrected chi connectivity index (χ3v) is 5.62. The van der Waals surface area contributed by atoms with E-state index in [9.17, 15) is 14.7 Å². The Morgan fingerprint density at radius 1 is 0.900 bits per heavy atom. The predicted molar refractivity (Wildman–Crippen MR) is 115 cm³/mol. The van der Waals surface area contributed by atoms with Crippen LogP contribution in [0, 0.1) is 11.8 Å². The number of hydrogen-bond donors (Lipinski definition) is 2. The minimum absolute atomic E-state index is 0.122. The van der Waals surface area contributed by atoms with Gasteiger partial charge in [-0.15, -0.1) is 0 Å². The molecule has 2 aromatic carbocycles. The van der Waals surface area contributed by atoms with E-state index in [1.54, 1.807) is 36.4 Å². The summed E-state index contributed by atoms with van der Waals surface area (Å²) in [6, 6.07) is 10.3. The van der Waals surface area contributed by atoms with Crippen molar-refractivity contribution in [3.63, 3.8) is 0 Å². The Labute approximate surface area is 185 Å². The van der Waals surface area contributed by atoms with E-state index in [1.807, 2.05) is 0 Å². The van der Waals surface area contributed by atoms with Crippen molar-refractivity contribution in [3.05, 3.63) is 57.6 Å². The summed E-state index contributed by atoms with van der Waals surface area (Å²) in [5.74, 6) is -2.21. The molecule has 2 atom stereocenters. The van der Waals surface area contributed by atoms with E-state index in [0.717, 1.165) is 11.1 Å². The van der Waals surface area contributed by atoms with Crippen molar-refractivity contribution in [1.29, 1.82) is 0 Å². The van der Waals surface area contributed by atoms with Gasteiger partial charge in [-0.05, 0) is 60.6 Å². The molecule has 0 heterocycles. The number of methoxy groups -OCH3 is 2. The number of carboxylic acids is 2. The van der Waals surface area contributed by atoms with Crippen molar-refractivity contribution in [2.75, 3.05) is 14.2 Å². The Bertz CT molecular complexity index is 899. The molecule has 30 heavy (non-hydrogen) atoms. The lowest BCUT2D eigenvalue weighted by atomic mass is 9.80. The van der Waals surface area contributed by atoms with E-state index in [-0.39, 0.29) is 19.3 Å². The number of benzene rings is 2. The van der Waals surface area contributed by atoms with Crippen molar-refractivity contribution in [2.45, 2.75) is 25.7 Å². The highest BCUT2D eigenvalue weighted by atomic mass is 35.5. The van der Waals surface area contributed by atoms with Gasteiger partial charge < -0.3 is 19.7 Å². The molecule has 0 aliphatic heterocycles. The monoisotopic (exact) mass is 454 g/mol. The summed E-state index contributed by atoms with van der Waals surface area (Å²) in [6.45, 7) is 0. The summed E-state index contributed by atoms with van der Waals surface area (Å²) in [5, 5.41) is 19.9. The molecule has 162 valence electrons. The average molecular weight is 455 g/mol. The Morgan fingerprint density at radius 2 is 1.40 bits per heavy atom. The maximum atomic E-state index is 12.1. The lowest BCUT2D eigenvalue weighted by Gasteiger charge is -2.24. The number of rotatable bonds is 11. The van der Waals surface area contributed by atoms with Gasteiger partial charge in [-0.25, -0.2) is 0 Å². The summed E-state index contributed by atoms with van der Waals surface area (Å²) < 4.78 is 10.5. The van der Waals surface area contributed by atoms with Crippen LogP contribution in [0.3, 0.4) is 0 Å². The fourth-order valence-electron chi connectivity index (χ4n) is 3.43. The molecule has 0 aliphatic carbocycles. The molecule has 0 radical (unpaired) electrons. The summed E-state index contributed by atoms with van der Waals surface area (Å²) in [7, 11) is 2.99. The zero-order chi connectivity index (χ0) is 22.3. The van der Waals surface area contributed by atoms with Gasteiger partial charge in [-0.2, -0.15) is 0 Å². The highest BCUT2D eigenvalue weighted by Crippen LogP contribution is 2.32. The Hall–Kier alpha value is -2.44. The standard InChI is InChI=1S/C22H24Cl2O6/c1-29-19-11-13(3-6-17(19)23)9-15(5-8-21(25)26)16(22(27)28)10-14-4-7-18(24)20(12-14)30-2/h3-4,6-7,11-12,15-16H,5,8-10H2,1-2H3,(H,25,26)(H,27,28)/t15-,16-/m1/s1.